The van der Waals surface area contributed by atoms with E-state index in [-0.39, 0.29) is 11.8 Å². The summed E-state index contributed by atoms with van der Waals surface area (Å²) in [6.07, 6.45) is 0. The van der Waals surface area contributed by atoms with Gasteiger partial charge in [-0.25, -0.2) is 0 Å². The highest BCUT2D eigenvalue weighted by Crippen LogP contribution is 2.22. The predicted molar refractivity (Wildman–Crippen MR) is 102 cm³/mol. The third-order valence-corrected chi connectivity index (χ3v) is 4.52. The SMILES string of the molecule is CCOc1ccc(-c2ccc(N3CCN(C(=O)C(C)C)CC3)nn2)cc1. The number of anilines is 1. The monoisotopic (exact) mass is 354 g/mol. The molecule has 0 spiro atoms. The molecule has 1 aliphatic rings. The Morgan fingerprint density at radius 2 is 1.73 bits per heavy atom. The normalized spacial score (nSPS) is 14.6. The fourth-order valence-electron chi connectivity index (χ4n) is 3.06. The number of rotatable bonds is 5. The highest BCUT2D eigenvalue weighted by Gasteiger charge is 2.23. The molecule has 2 aromatic rings. The van der Waals surface area contributed by atoms with E-state index in [4.69, 9.17) is 4.74 Å². The Morgan fingerprint density at radius 1 is 1.04 bits per heavy atom. The molecule has 1 fully saturated rings. The molecular weight excluding hydrogens is 328 g/mol. The van der Waals surface area contributed by atoms with Crippen LogP contribution in [0.3, 0.4) is 0 Å². The van der Waals surface area contributed by atoms with Crippen molar-refractivity contribution in [3.05, 3.63) is 36.4 Å². The standard InChI is InChI=1S/C20H26N4O2/c1-4-26-17-7-5-16(6-8-17)18-9-10-19(22-21-18)23-11-13-24(14-12-23)20(25)15(2)3/h5-10,15H,4,11-14H2,1-3H3. The Balaban J connectivity index is 1.62. The van der Waals surface area contributed by atoms with Crippen LogP contribution in [0.5, 0.6) is 5.75 Å². The van der Waals surface area contributed by atoms with Gasteiger partial charge in [0.15, 0.2) is 5.82 Å². The van der Waals surface area contributed by atoms with Crippen molar-refractivity contribution in [3.8, 4) is 17.0 Å². The van der Waals surface area contributed by atoms with Crippen molar-refractivity contribution < 1.29 is 9.53 Å². The van der Waals surface area contributed by atoms with Crippen LogP contribution in [-0.4, -0.2) is 53.8 Å². The molecule has 0 saturated carbocycles. The second-order valence-electron chi connectivity index (χ2n) is 6.70. The van der Waals surface area contributed by atoms with Crippen molar-refractivity contribution in [2.24, 2.45) is 5.92 Å². The number of nitrogens with zero attached hydrogens (tertiary/aromatic N) is 4. The number of aromatic nitrogens is 2. The van der Waals surface area contributed by atoms with Crippen molar-refractivity contribution in [2.75, 3.05) is 37.7 Å². The van der Waals surface area contributed by atoms with Crippen LogP contribution in [0, 0.1) is 5.92 Å². The van der Waals surface area contributed by atoms with Crippen molar-refractivity contribution >= 4 is 11.7 Å². The number of hydrogen-bond donors (Lipinski definition) is 0. The summed E-state index contributed by atoms with van der Waals surface area (Å²) in [4.78, 5) is 16.2. The van der Waals surface area contributed by atoms with E-state index in [1.54, 1.807) is 0 Å². The maximum absolute atomic E-state index is 12.1. The molecule has 0 aliphatic carbocycles. The summed E-state index contributed by atoms with van der Waals surface area (Å²) in [7, 11) is 0. The number of ether oxygens (including phenoxy) is 1. The van der Waals surface area contributed by atoms with E-state index >= 15 is 0 Å². The summed E-state index contributed by atoms with van der Waals surface area (Å²) in [5.41, 5.74) is 1.85. The van der Waals surface area contributed by atoms with Crippen molar-refractivity contribution in [1.82, 2.24) is 15.1 Å². The molecule has 6 heteroatoms. The first-order chi connectivity index (χ1) is 12.6. The third kappa shape index (κ3) is 4.12. The summed E-state index contributed by atoms with van der Waals surface area (Å²) in [5, 5.41) is 8.75. The van der Waals surface area contributed by atoms with Gasteiger partial charge in [0.2, 0.25) is 5.91 Å². The largest absolute Gasteiger partial charge is 0.494 e. The number of carbonyl (C=O) groups excluding carboxylic acids is 1. The van der Waals surface area contributed by atoms with Crippen LogP contribution < -0.4 is 9.64 Å². The fraction of sp³-hybridized carbons (Fsp3) is 0.450. The lowest BCUT2D eigenvalue weighted by Gasteiger charge is -2.36. The lowest BCUT2D eigenvalue weighted by molar-refractivity contribution is -0.134. The average molecular weight is 354 g/mol. The molecule has 1 saturated heterocycles. The zero-order chi connectivity index (χ0) is 18.5. The van der Waals surface area contributed by atoms with Gasteiger partial charge < -0.3 is 14.5 Å². The third-order valence-electron chi connectivity index (χ3n) is 4.52. The summed E-state index contributed by atoms with van der Waals surface area (Å²) >= 11 is 0. The van der Waals surface area contributed by atoms with Crippen LogP contribution in [-0.2, 0) is 4.79 Å². The van der Waals surface area contributed by atoms with Crippen LogP contribution in [0.4, 0.5) is 5.82 Å². The molecule has 0 bridgehead atoms. The molecule has 0 N–H and O–H groups in total. The van der Waals surface area contributed by atoms with Gasteiger partial charge in [0.1, 0.15) is 5.75 Å². The summed E-state index contributed by atoms with van der Waals surface area (Å²) in [6.45, 7) is 9.56. The highest BCUT2D eigenvalue weighted by molar-refractivity contribution is 5.78. The molecular formula is C20H26N4O2. The molecule has 138 valence electrons. The average Bonchev–Trinajstić information content (AvgIpc) is 2.68. The van der Waals surface area contributed by atoms with Crippen LogP contribution in [0.1, 0.15) is 20.8 Å². The first-order valence-corrected chi connectivity index (χ1v) is 9.19. The topological polar surface area (TPSA) is 58.6 Å². The molecule has 0 unspecified atom stereocenters. The van der Waals surface area contributed by atoms with Gasteiger partial charge >= 0.3 is 0 Å². The quantitative estimate of drug-likeness (QED) is 0.826. The lowest BCUT2D eigenvalue weighted by Crippen LogP contribution is -2.50. The van der Waals surface area contributed by atoms with E-state index < -0.39 is 0 Å². The molecule has 6 nitrogen and oxygen atoms in total. The number of carbonyl (C=O) groups is 1. The molecule has 3 rings (SSSR count). The molecule has 26 heavy (non-hydrogen) atoms. The van der Waals surface area contributed by atoms with E-state index in [1.807, 2.05) is 62.1 Å². The number of benzene rings is 1. The molecule has 2 heterocycles. The number of amides is 1. The lowest BCUT2D eigenvalue weighted by atomic mass is 10.1. The van der Waals surface area contributed by atoms with Gasteiger partial charge in [-0.2, -0.15) is 0 Å². The predicted octanol–water partition coefficient (Wildman–Crippen LogP) is 2.85. The van der Waals surface area contributed by atoms with Crippen LogP contribution in [0.15, 0.2) is 36.4 Å². The van der Waals surface area contributed by atoms with Crippen LogP contribution >= 0.6 is 0 Å². The summed E-state index contributed by atoms with van der Waals surface area (Å²) in [6, 6.07) is 11.9. The Hall–Kier alpha value is -2.63. The molecule has 0 radical (unpaired) electrons. The van der Waals surface area contributed by atoms with E-state index in [9.17, 15) is 4.79 Å². The maximum atomic E-state index is 12.1. The molecule has 1 amide bonds. The van der Waals surface area contributed by atoms with Crippen LogP contribution in [0.25, 0.3) is 11.3 Å². The van der Waals surface area contributed by atoms with Crippen LogP contribution in [0.2, 0.25) is 0 Å². The zero-order valence-electron chi connectivity index (χ0n) is 15.7. The van der Waals surface area contributed by atoms with Gasteiger partial charge in [-0.05, 0) is 43.3 Å². The van der Waals surface area contributed by atoms with Crippen molar-refractivity contribution in [2.45, 2.75) is 20.8 Å². The van der Waals surface area contributed by atoms with Gasteiger partial charge in [0.05, 0.1) is 12.3 Å². The van der Waals surface area contributed by atoms with Gasteiger partial charge in [0, 0.05) is 37.7 Å². The summed E-state index contributed by atoms with van der Waals surface area (Å²) < 4.78 is 5.46. The Morgan fingerprint density at radius 3 is 2.27 bits per heavy atom. The van der Waals surface area contributed by atoms with E-state index in [2.05, 4.69) is 15.1 Å². The van der Waals surface area contributed by atoms with Gasteiger partial charge in [-0.15, -0.1) is 10.2 Å². The first kappa shape index (κ1) is 18.2. The fourth-order valence-corrected chi connectivity index (χ4v) is 3.06. The second kappa shape index (κ2) is 8.17. The van der Waals surface area contributed by atoms with E-state index in [0.717, 1.165) is 49.0 Å². The minimum absolute atomic E-state index is 0.0507. The molecule has 0 atom stereocenters. The minimum atomic E-state index is 0.0507. The molecule has 1 aromatic heterocycles. The molecule has 1 aliphatic heterocycles. The second-order valence-corrected chi connectivity index (χ2v) is 6.70. The van der Waals surface area contributed by atoms with E-state index in [0.29, 0.717) is 6.61 Å². The first-order valence-electron chi connectivity index (χ1n) is 9.19. The van der Waals surface area contributed by atoms with Gasteiger partial charge in [-0.1, -0.05) is 13.8 Å². The smallest absolute Gasteiger partial charge is 0.225 e. The van der Waals surface area contributed by atoms with E-state index in [1.165, 1.54) is 0 Å². The van der Waals surface area contributed by atoms with Gasteiger partial charge in [0.25, 0.3) is 0 Å². The Bertz CT molecular complexity index is 720. The van der Waals surface area contributed by atoms with Crippen molar-refractivity contribution in [3.63, 3.8) is 0 Å². The zero-order valence-corrected chi connectivity index (χ0v) is 15.7. The number of hydrogen-bond acceptors (Lipinski definition) is 5. The molecule has 1 aromatic carbocycles. The number of piperazine rings is 1. The Kier molecular flexibility index (Phi) is 5.71. The summed E-state index contributed by atoms with van der Waals surface area (Å²) in [5.74, 6) is 1.99. The maximum Gasteiger partial charge on any atom is 0.225 e. The highest BCUT2D eigenvalue weighted by atomic mass is 16.5. The van der Waals surface area contributed by atoms with Crippen molar-refractivity contribution in [1.29, 1.82) is 0 Å². The Labute approximate surface area is 154 Å². The van der Waals surface area contributed by atoms with Gasteiger partial charge in [-0.3, -0.25) is 4.79 Å². The minimum Gasteiger partial charge on any atom is -0.494 e.